The first kappa shape index (κ1) is 11.0. The average molecular weight is 237 g/mol. The van der Waals surface area contributed by atoms with Gasteiger partial charge in [0.25, 0.3) is 0 Å². The SMILES string of the molecule is COC1(c2noc(NC3CC3)n2)CCCCC1. The van der Waals surface area contributed by atoms with Gasteiger partial charge in [-0.1, -0.05) is 24.4 Å². The molecule has 1 N–H and O–H groups in total. The van der Waals surface area contributed by atoms with Gasteiger partial charge in [-0.05, 0) is 25.7 Å². The minimum absolute atomic E-state index is 0.314. The van der Waals surface area contributed by atoms with Crippen LogP contribution < -0.4 is 5.32 Å². The fourth-order valence-electron chi connectivity index (χ4n) is 2.51. The summed E-state index contributed by atoms with van der Waals surface area (Å²) in [6, 6.07) is 1.08. The van der Waals surface area contributed by atoms with Gasteiger partial charge in [-0.2, -0.15) is 4.98 Å². The van der Waals surface area contributed by atoms with Gasteiger partial charge in [0.05, 0.1) is 0 Å². The van der Waals surface area contributed by atoms with Crippen LogP contribution in [0.15, 0.2) is 4.52 Å². The number of ether oxygens (including phenoxy) is 1. The van der Waals surface area contributed by atoms with E-state index in [1.807, 2.05) is 0 Å². The molecule has 0 bridgehead atoms. The zero-order valence-electron chi connectivity index (χ0n) is 10.2. The second-order valence-electron chi connectivity index (χ2n) is 5.10. The van der Waals surface area contributed by atoms with Crippen molar-refractivity contribution in [2.75, 3.05) is 12.4 Å². The molecule has 2 fully saturated rings. The number of rotatable bonds is 4. The summed E-state index contributed by atoms with van der Waals surface area (Å²) in [7, 11) is 1.75. The number of aromatic nitrogens is 2. The van der Waals surface area contributed by atoms with Crippen molar-refractivity contribution >= 4 is 6.01 Å². The first-order chi connectivity index (χ1) is 8.32. The van der Waals surface area contributed by atoms with Crippen LogP contribution in [-0.4, -0.2) is 23.3 Å². The predicted octanol–water partition coefficient (Wildman–Crippen LogP) is 2.45. The topological polar surface area (TPSA) is 60.2 Å². The van der Waals surface area contributed by atoms with Gasteiger partial charge in [-0.15, -0.1) is 0 Å². The highest BCUT2D eigenvalue weighted by atomic mass is 16.5. The molecule has 0 unspecified atom stereocenters. The highest BCUT2D eigenvalue weighted by Crippen LogP contribution is 2.39. The van der Waals surface area contributed by atoms with Crippen molar-refractivity contribution in [3.8, 4) is 0 Å². The van der Waals surface area contributed by atoms with E-state index in [-0.39, 0.29) is 5.60 Å². The largest absolute Gasteiger partial charge is 0.370 e. The molecule has 1 aromatic heterocycles. The van der Waals surface area contributed by atoms with Crippen LogP contribution in [0.3, 0.4) is 0 Å². The summed E-state index contributed by atoms with van der Waals surface area (Å²) in [5.41, 5.74) is -0.314. The number of nitrogens with one attached hydrogen (secondary N) is 1. The summed E-state index contributed by atoms with van der Waals surface area (Å²) in [4.78, 5) is 4.44. The van der Waals surface area contributed by atoms with Crippen LogP contribution in [0.2, 0.25) is 0 Å². The summed E-state index contributed by atoms with van der Waals surface area (Å²) >= 11 is 0. The molecule has 94 valence electrons. The van der Waals surface area contributed by atoms with Crippen molar-refractivity contribution in [1.82, 2.24) is 10.1 Å². The van der Waals surface area contributed by atoms with Gasteiger partial charge in [-0.3, -0.25) is 0 Å². The molecule has 2 aliphatic rings. The minimum Gasteiger partial charge on any atom is -0.370 e. The Labute approximate surface area is 101 Å². The maximum atomic E-state index is 5.69. The number of anilines is 1. The molecule has 1 aromatic rings. The van der Waals surface area contributed by atoms with E-state index < -0.39 is 0 Å². The fraction of sp³-hybridized carbons (Fsp3) is 0.833. The quantitative estimate of drug-likeness (QED) is 0.871. The Morgan fingerprint density at radius 3 is 2.71 bits per heavy atom. The molecule has 2 saturated carbocycles. The van der Waals surface area contributed by atoms with Crippen LogP contribution >= 0.6 is 0 Å². The summed E-state index contributed by atoms with van der Waals surface area (Å²) in [5, 5.41) is 7.31. The summed E-state index contributed by atoms with van der Waals surface area (Å²) in [6.45, 7) is 0. The standard InChI is InChI=1S/C12H19N3O2/c1-16-12(7-3-2-4-8-12)10-14-11(17-15-10)13-9-5-6-9/h9H,2-8H2,1H3,(H,13,14,15). The van der Waals surface area contributed by atoms with Gasteiger partial charge in [0.2, 0.25) is 5.82 Å². The zero-order valence-corrected chi connectivity index (χ0v) is 10.2. The first-order valence-corrected chi connectivity index (χ1v) is 6.48. The first-order valence-electron chi connectivity index (χ1n) is 6.48. The van der Waals surface area contributed by atoms with E-state index >= 15 is 0 Å². The van der Waals surface area contributed by atoms with E-state index in [0.29, 0.717) is 17.9 Å². The van der Waals surface area contributed by atoms with Crippen LogP contribution in [0.5, 0.6) is 0 Å². The van der Waals surface area contributed by atoms with Gasteiger partial charge in [0, 0.05) is 13.2 Å². The lowest BCUT2D eigenvalue weighted by Crippen LogP contribution is -2.32. The molecule has 0 amide bonds. The maximum absolute atomic E-state index is 5.69. The number of methoxy groups -OCH3 is 1. The molecular formula is C12H19N3O2. The summed E-state index contributed by atoms with van der Waals surface area (Å²) in [6.07, 6.45) is 8.01. The van der Waals surface area contributed by atoms with Crippen molar-refractivity contribution in [3.05, 3.63) is 5.82 Å². The third-order valence-corrected chi connectivity index (χ3v) is 3.79. The number of nitrogens with zero attached hydrogens (tertiary/aromatic N) is 2. The highest BCUT2D eigenvalue weighted by Gasteiger charge is 2.38. The van der Waals surface area contributed by atoms with Crippen molar-refractivity contribution < 1.29 is 9.26 Å². The lowest BCUT2D eigenvalue weighted by molar-refractivity contribution is -0.0527. The molecule has 5 heteroatoms. The molecule has 0 atom stereocenters. The Balaban J connectivity index is 1.77. The third kappa shape index (κ3) is 2.16. The van der Waals surface area contributed by atoms with Crippen LogP contribution in [0.1, 0.15) is 50.8 Å². The van der Waals surface area contributed by atoms with Gasteiger partial charge in [0.1, 0.15) is 5.60 Å². The van der Waals surface area contributed by atoms with E-state index in [2.05, 4.69) is 15.5 Å². The van der Waals surface area contributed by atoms with Crippen molar-refractivity contribution in [2.24, 2.45) is 0 Å². The van der Waals surface area contributed by atoms with E-state index in [1.54, 1.807) is 7.11 Å². The Hall–Kier alpha value is -1.10. The predicted molar refractivity (Wildman–Crippen MR) is 62.7 cm³/mol. The second-order valence-corrected chi connectivity index (χ2v) is 5.10. The van der Waals surface area contributed by atoms with Crippen LogP contribution in [0, 0.1) is 0 Å². The number of hydrogen-bond acceptors (Lipinski definition) is 5. The Morgan fingerprint density at radius 1 is 1.29 bits per heavy atom. The van der Waals surface area contributed by atoms with Gasteiger partial charge in [-0.25, -0.2) is 0 Å². The van der Waals surface area contributed by atoms with Crippen molar-refractivity contribution in [2.45, 2.75) is 56.6 Å². The van der Waals surface area contributed by atoms with Gasteiger partial charge >= 0.3 is 6.01 Å². The van der Waals surface area contributed by atoms with Crippen molar-refractivity contribution in [1.29, 1.82) is 0 Å². The van der Waals surface area contributed by atoms with Gasteiger partial charge in [0.15, 0.2) is 0 Å². The van der Waals surface area contributed by atoms with E-state index in [0.717, 1.165) is 12.8 Å². The molecule has 0 aliphatic heterocycles. The van der Waals surface area contributed by atoms with E-state index in [1.165, 1.54) is 32.1 Å². The minimum atomic E-state index is -0.314. The van der Waals surface area contributed by atoms with E-state index in [9.17, 15) is 0 Å². The molecule has 3 rings (SSSR count). The molecule has 0 saturated heterocycles. The number of hydrogen-bond donors (Lipinski definition) is 1. The third-order valence-electron chi connectivity index (χ3n) is 3.79. The fourth-order valence-corrected chi connectivity index (χ4v) is 2.51. The molecule has 0 aromatic carbocycles. The molecule has 1 heterocycles. The average Bonchev–Trinajstić information content (AvgIpc) is 3.06. The second kappa shape index (κ2) is 4.29. The zero-order chi connectivity index (χ0) is 11.7. The molecule has 0 spiro atoms. The summed E-state index contributed by atoms with van der Waals surface area (Å²) < 4.78 is 10.9. The van der Waals surface area contributed by atoms with Crippen LogP contribution in [0.4, 0.5) is 6.01 Å². The lowest BCUT2D eigenvalue weighted by atomic mass is 9.84. The van der Waals surface area contributed by atoms with Crippen LogP contribution in [-0.2, 0) is 10.3 Å². The molecule has 17 heavy (non-hydrogen) atoms. The Bertz CT molecular complexity index is 381. The molecule has 0 radical (unpaired) electrons. The normalized spacial score (nSPS) is 23.6. The van der Waals surface area contributed by atoms with E-state index in [4.69, 9.17) is 9.26 Å². The monoisotopic (exact) mass is 237 g/mol. The molecule has 5 nitrogen and oxygen atoms in total. The smallest absolute Gasteiger partial charge is 0.321 e. The molecule has 2 aliphatic carbocycles. The van der Waals surface area contributed by atoms with Crippen LogP contribution in [0.25, 0.3) is 0 Å². The van der Waals surface area contributed by atoms with Gasteiger partial charge < -0.3 is 14.6 Å². The molecular weight excluding hydrogens is 218 g/mol. The highest BCUT2D eigenvalue weighted by molar-refractivity contribution is 5.24. The maximum Gasteiger partial charge on any atom is 0.321 e. The summed E-state index contributed by atoms with van der Waals surface area (Å²) in [5.74, 6) is 0.711. The lowest BCUT2D eigenvalue weighted by Gasteiger charge is -2.32. The Kier molecular flexibility index (Phi) is 2.78. The van der Waals surface area contributed by atoms with Crippen molar-refractivity contribution in [3.63, 3.8) is 0 Å². The Morgan fingerprint density at radius 2 is 2.06 bits per heavy atom.